The average Bonchev–Trinajstić information content (AvgIpc) is 2.81. The number of aryl methyl sites for hydroxylation is 1. The van der Waals surface area contributed by atoms with Crippen LogP contribution in [-0.2, 0) is 0 Å². The first-order valence-corrected chi connectivity index (χ1v) is 6.76. The number of benzene rings is 1. The van der Waals surface area contributed by atoms with Crippen LogP contribution in [0.25, 0.3) is 0 Å². The fourth-order valence-electron chi connectivity index (χ4n) is 1.57. The third kappa shape index (κ3) is 3.82. The Morgan fingerprint density at radius 2 is 2.10 bits per heavy atom. The minimum atomic E-state index is 0.384. The number of hydrogen-bond donors (Lipinski definition) is 2. The summed E-state index contributed by atoms with van der Waals surface area (Å²) in [5, 5.41) is 8.10. The molecule has 0 aliphatic rings. The van der Waals surface area contributed by atoms with Crippen LogP contribution in [0.2, 0.25) is 5.02 Å². The molecule has 2 aromatic rings. The molecule has 0 bridgehead atoms. The summed E-state index contributed by atoms with van der Waals surface area (Å²) in [7, 11) is 0. The zero-order valence-electron chi connectivity index (χ0n) is 11.1. The summed E-state index contributed by atoms with van der Waals surface area (Å²) in [6, 6.07) is 9.28. The van der Waals surface area contributed by atoms with Crippen molar-refractivity contribution in [2.45, 2.75) is 13.8 Å². The molecule has 20 heavy (non-hydrogen) atoms. The molecule has 0 saturated heterocycles. The van der Waals surface area contributed by atoms with Crippen LogP contribution >= 0.6 is 23.8 Å². The molecule has 0 fully saturated rings. The van der Waals surface area contributed by atoms with Crippen molar-refractivity contribution in [3.8, 4) is 0 Å². The van der Waals surface area contributed by atoms with Crippen LogP contribution in [0.15, 0.2) is 39.9 Å². The summed E-state index contributed by atoms with van der Waals surface area (Å²) in [5.41, 5.74) is 4.50. The second-order valence-corrected chi connectivity index (χ2v) is 5.00. The van der Waals surface area contributed by atoms with Crippen molar-refractivity contribution >= 4 is 40.8 Å². The lowest BCUT2D eigenvalue weighted by Crippen LogP contribution is -2.24. The SMILES string of the molecule is Cc1ccc(/C=N\NC(=S)Nc2cccc(Cl)c2C)o1. The highest BCUT2D eigenvalue weighted by atomic mass is 35.5. The standard InChI is InChI=1S/C14H14ClN3OS/c1-9-6-7-11(19-9)8-16-18-14(20)17-13-5-3-4-12(15)10(13)2/h3-8H,1-2H3,(H2,17,18,20)/b16-8-. The minimum absolute atomic E-state index is 0.384. The van der Waals surface area contributed by atoms with Crippen molar-refractivity contribution in [3.63, 3.8) is 0 Å². The highest BCUT2D eigenvalue weighted by Crippen LogP contribution is 2.22. The molecule has 0 unspecified atom stereocenters. The van der Waals surface area contributed by atoms with E-state index in [1.165, 1.54) is 0 Å². The van der Waals surface area contributed by atoms with Gasteiger partial charge in [0.15, 0.2) is 5.11 Å². The van der Waals surface area contributed by atoms with Gasteiger partial charge in [0.05, 0.1) is 6.21 Å². The molecule has 0 amide bonds. The van der Waals surface area contributed by atoms with Gasteiger partial charge in [-0.25, -0.2) is 0 Å². The van der Waals surface area contributed by atoms with Crippen LogP contribution in [0.5, 0.6) is 0 Å². The minimum Gasteiger partial charge on any atom is -0.460 e. The predicted molar refractivity (Wildman–Crippen MR) is 86.6 cm³/mol. The molecule has 0 radical (unpaired) electrons. The van der Waals surface area contributed by atoms with Gasteiger partial charge >= 0.3 is 0 Å². The quantitative estimate of drug-likeness (QED) is 0.513. The van der Waals surface area contributed by atoms with E-state index in [-0.39, 0.29) is 0 Å². The first-order chi connectivity index (χ1) is 9.56. The van der Waals surface area contributed by atoms with Gasteiger partial charge in [-0.3, -0.25) is 5.43 Å². The molecule has 4 nitrogen and oxygen atoms in total. The number of nitrogens with one attached hydrogen (secondary N) is 2. The topological polar surface area (TPSA) is 49.6 Å². The van der Waals surface area contributed by atoms with Gasteiger partial charge in [0, 0.05) is 10.7 Å². The lowest BCUT2D eigenvalue weighted by Gasteiger charge is -2.10. The lowest BCUT2D eigenvalue weighted by atomic mass is 10.2. The Morgan fingerprint density at radius 3 is 2.80 bits per heavy atom. The average molecular weight is 308 g/mol. The Bertz CT molecular complexity index is 652. The van der Waals surface area contributed by atoms with Crippen LogP contribution < -0.4 is 10.7 Å². The van der Waals surface area contributed by atoms with Crippen LogP contribution in [0.3, 0.4) is 0 Å². The number of hydrazone groups is 1. The van der Waals surface area contributed by atoms with Crippen molar-refractivity contribution in [3.05, 3.63) is 52.4 Å². The molecular formula is C14H14ClN3OS. The van der Waals surface area contributed by atoms with Gasteiger partial charge < -0.3 is 9.73 Å². The van der Waals surface area contributed by atoms with E-state index in [4.69, 9.17) is 28.2 Å². The van der Waals surface area contributed by atoms with Crippen LogP contribution in [0, 0.1) is 13.8 Å². The number of rotatable bonds is 3. The number of furan rings is 1. The molecule has 1 aromatic carbocycles. The summed E-state index contributed by atoms with van der Waals surface area (Å²) in [6.07, 6.45) is 1.56. The van der Waals surface area contributed by atoms with Gasteiger partial charge in [0.2, 0.25) is 0 Å². The largest absolute Gasteiger partial charge is 0.460 e. The molecule has 0 atom stereocenters. The Morgan fingerprint density at radius 1 is 1.30 bits per heavy atom. The number of hydrogen-bond acceptors (Lipinski definition) is 3. The fraction of sp³-hybridized carbons (Fsp3) is 0.143. The van der Waals surface area contributed by atoms with Gasteiger partial charge in [-0.15, -0.1) is 0 Å². The molecule has 6 heteroatoms. The van der Waals surface area contributed by atoms with E-state index in [0.717, 1.165) is 17.0 Å². The fourth-order valence-corrected chi connectivity index (χ4v) is 1.91. The third-order valence-corrected chi connectivity index (χ3v) is 3.24. The Hall–Kier alpha value is -1.85. The molecular weight excluding hydrogens is 294 g/mol. The summed E-state index contributed by atoms with van der Waals surface area (Å²) < 4.78 is 5.35. The molecule has 104 valence electrons. The van der Waals surface area contributed by atoms with Gasteiger partial charge in [-0.2, -0.15) is 5.10 Å². The van der Waals surface area contributed by atoms with E-state index >= 15 is 0 Å². The van der Waals surface area contributed by atoms with Crippen molar-refractivity contribution in [1.82, 2.24) is 5.43 Å². The van der Waals surface area contributed by atoms with Crippen molar-refractivity contribution < 1.29 is 4.42 Å². The molecule has 1 aromatic heterocycles. The molecule has 2 N–H and O–H groups in total. The highest BCUT2D eigenvalue weighted by molar-refractivity contribution is 7.80. The van der Waals surface area contributed by atoms with Crippen LogP contribution in [0.4, 0.5) is 5.69 Å². The zero-order chi connectivity index (χ0) is 14.5. The van der Waals surface area contributed by atoms with Crippen LogP contribution in [-0.4, -0.2) is 11.3 Å². The summed E-state index contributed by atoms with van der Waals surface area (Å²) >= 11 is 11.2. The molecule has 1 heterocycles. The van der Waals surface area contributed by atoms with Gasteiger partial charge in [0.25, 0.3) is 0 Å². The maximum Gasteiger partial charge on any atom is 0.191 e. The van der Waals surface area contributed by atoms with Crippen molar-refractivity contribution in [1.29, 1.82) is 0 Å². The molecule has 0 saturated carbocycles. The molecule has 2 rings (SSSR count). The molecule has 0 aliphatic carbocycles. The summed E-state index contributed by atoms with van der Waals surface area (Å²) in [5.74, 6) is 1.50. The predicted octanol–water partition coefficient (Wildman–Crippen LogP) is 3.87. The maximum atomic E-state index is 6.04. The highest BCUT2D eigenvalue weighted by Gasteiger charge is 2.03. The van der Waals surface area contributed by atoms with Crippen LogP contribution in [0.1, 0.15) is 17.1 Å². The smallest absolute Gasteiger partial charge is 0.191 e. The van der Waals surface area contributed by atoms with E-state index in [2.05, 4.69) is 15.8 Å². The zero-order valence-corrected chi connectivity index (χ0v) is 12.7. The van der Waals surface area contributed by atoms with E-state index in [0.29, 0.717) is 15.9 Å². The van der Waals surface area contributed by atoms with Crippen molar-refractivity contribution in [2.75, 3.05) is 5.32 Å². The monoisotopic (exact) mass is 307 g/mol. The lowest BCUT2D eigenvalue weighted by molar-refractivity contribution is 0.527. The summed E-state index contributed by atoms with van der Waals surface area (Å²) in [4.78, 5) is 0. The van der Waals surface area contributed by atoms with Crippen molar-refractivity contribution in [2.24, 2.45) is 5.10 Å². The second-order valence-electron chi connectivity index (χ2n) is 4.18. The number of halogens is 1. The maximum absolute atomic E-state index is 6.04. The Kier molecular flexibility index (Phi) is 4.76. The van der Waals surface area contributed by atoms with E-state index < -0.39 is 0 Å². The number of nitrogens with zero attached hydrogens (tertiary/aromatic N) is 1. The van der Waals surface area contributed by atoms with E-state index in [9.17, 15) is 0 Å². The number of thiocarbonyl (C=S) groups is 1. The Labute approximate surface area is 127 Å². The molecule has 0 aliphatic heterocycles. The van der Waals surface area contributed by atoms with Gasteiger partial charge in [-0.1, -0.05) is 17.7 Å². The van der Waals surface area contributed by atoms with E-state index in [1.54, 1.807) is 6.21 Å². The van der Waals surface area contributed by atoms with Gasteiger partial charge in [-0.05, 0) is 55.9 Å². The Balaban J connectivity index is 1.93. The normalized spacial score (nSPS) is 10.8. The third-order valence-electron chi connectivity index (χ3n) is 2.63. The first kappa shape index (κ1) is 14.6. The summed E-state index contributed by atoms with van der Waals surface area (Å²) in [6.45, 7) is 3.79. The molecule has 0 spiro atoms. The van der Waals surface area contributed by atoms with E-state index in [1.807, 2.05) is 44.2 Å². The number of anilines is 1. The first-order valence-electron chi connectivity index (χ1n) is 5.98. The van der Waals surface area contributed by atoms with Gasteiger partial charge in [0.1, 0.15) is 11.5 Å². The second kappa shape index (κ2) is 6.54.